The third-order valence-corrected chi connectivity index (χ3v) is 3.34. The molecule has 1 aromatic heterocycles. The number of rotatable bonds is 5. The van der Waals surface area contributed by atoms with Crippen LogP contribution in [-0.4, -0.2) is 32.6 Å². The summed E-state index contributed by atoms with van der Waals surface area (Å²) >= 11 is 0. The van der Waals surface area contributed by atoms with Gasteiger partial charge in [-0.05, 0) is 18.9 Å². The summed E-state index contributed by atoms with van der Waals surface area (Å²) < 4.78 is 0. The van der Waals surface area contributed by atoms with Crippen LogP contribution >= 0.6 is 0 Å². The smallest absolute Gasteiger partial charge is 0.270 e. The Morgan fingerprint density at radius 1 is 1.40 bits per heavy atom. The van der Waals surface area contributed by atoms with Gasteiger partial charge in [0.1, 0.15) is 12.1 Å². The number of fused-ring (bicyclic) bond motifs is 1. The molecule has 2 N–H and O–H groups in total. The molecule has 0 aliphatic carbocycles. The van der Waals surface area contributed by atoms with Gasteiger partial charge in [-0.15, -0.1) is 0 Å². The van der Waals surface area contributed by atoms with Crippen LogP contribution in [0.2, 0.25) is 0 Å². The van der Waals surface area contributed by atoms with Crippen LogP contribution in [0.1, 0.15) is 13.8 Å². The van der Waals surface area contributed by atoms with Crippen molar-refractivity contribution in [1.29, 1.82) is 0 Å². The molecule has 0 aliphatic heterocycles. The van der Waals surface area contributed by atoms with Crippen LogP contribution in [0.4, 0.5) is 11.5 Å². The molecular weight excluding hydrogens is 260 g/mol. The number of nitro benzene ring substituents is 1. The predicted molar refractivity (Wildman–Crippen MR) is 75.5 cm³/mol. The number of anilines is 1. The topological polar surface area (TPSA) is 101 Å². The van der Waals surface area contributed by atoms with Crippen molar-refractivity contribution in [2.75, 3.05) is 11.9 Å². The summed E-state index contributed by atoms with van der Waals surface area (Å²) in [5.41, 5.74) is 0.634. The van der Waals surface area contributed by atoms with E-state index in [9.17, 15) is 10.1 Å². The van der Waals surface area contributed by atoms with Crippen LogP contribution in [0.25, 0.3) is 10.9 Å². The quantitative estimate of drug-likeness (QED) is 0.639. The first-order valence-electron chi connectivity index (χ1n) is 6.29. The summed E-state index contributed by atoms with van der Waals surface area (Å²) in [7, 11) is 0. The standard InChI is InChI=1S/C13H16N4O3/c1-8(6-18)9(2)16-13-11-5-10(17(19)20)3-4-12(11)14-7-15-13/h3-5,7-9,18H,6H2,1-2H3,(H,14,15,16). The van der Waals surface area contributed by atoms with E-state index >= 15 is 0 Å². The van der Waals surface area contributed by atoms with Crippen molar-refractivity contribution in [2.45, 2.75) is 19.9 Å². The second kappa shape index (κ2) is 5.79. The van der Waals surface area contributed by atoms with E-state index in [2.05, 4.69) is 15.3 Å². The van der Waals surface area contributed by atoms with Crippen LogP contribution in [0.5, 0.6) is 0 Å². The molecule has 20 heavy (non-hydrogen) atoms. The Balaban J connectivity index is 2.42. The van der Waals surface area contributed by atoms with Gasteiger partial charge in [-0.25, -0.2) is 9.97 Å². The van der Waals surface area contributed by atoms with Crippen molar-refractivity contribution >= 4 is 22.4 Å². The van der Waals surface area contributed by atoms with E-state index in [1.54, 1.807) is 6.07 Å². The zero-order valence-corrected chi connectivity index (χ0v) is 11.3. The van der Waals surface area contributed by atoms with Crippen molar-refractivity contribution < 1.29 is 10.0 Å². The van der Waals surface area contributed by atoms with Crippen LogP contribution in [0, 0.1) is 16.0 Å². The molecule has 0 radical (unpaired) electrons. The lowest BCUT2D eigenvalue weighted by Gasteiger charge is -2.20. The molecule has 2 rings (SSSR count). The fraction of sp³-hybridized carbons (Fsp3) is 0.385. The van der Waals surface area contributed by atoms with Crippen molar-refractivity contribution in [1.82, 2.24) is 9.97 Å². The summed E-state index contributed by atoms with van der Waals surface area (Å²) in [5, 5.41) is 23.8. The van der Waals surface area contributed by atoms with Gasteiger partial charge in [0.2, 0.25) is 0 Å². The van der Waals surface area contributed by atoms with E-state index in [0.29, 0.717) is 16.7 Å². The van der Waals surface area contributed by atoms with Gasteiger partial charge < -0.3 is 10.4 Å². The van der Waals surface area contributed by atoms with Crippen molar-refractivity contribution in [3.63, 3.8) is 0 Å². The summed E-state index contributed by atoms with van der Waals surface area (Å²) in [4.78, 5) is 18.6. The molecule has 0 fully saturated rings. The molecule has 1 heterocycles. The van der Waals surface area contributed by atoms with E-state index in [4.69, 9.17) is 5.11 Å². The highest BCUT2D eigenvalue weighted by Crippen LogP contribution is 2.25. The lowest BCUT2D eigenvalue weighted by molar-refractivity contribution is -0.384. The number of aromatic nitrogens is 2. The average Bonchev–Trinajstić information content (AvgIpc) is 2.46. The summed E-state index contributed by atoms with van der Waals surface area (Å²) in [6.07, 6.45) is 1.41. The molecule has 0 saturated carbocycles. The Morgan fingerprint density at radius 2 is 2.15 bits per heavy atom. The average molecular weight is 276 g/mol. The lowest BCUT2D eigenvalue weighted by Crippen LogP contribution is -2.26. The van der Waals surface area contributed by atoms with Crippen LogP contribution in [0.3, 0.4) is 0 Å². The number of aliphatic hydroxyl groups excluding tert-OH is 1. The van der Waals surface area contributed by atoms with E-state index in [0.717, 1.165) is 0 Å². The maximum atomic E-state index is 10.8. The Bertz CT molecular complexity index is 632. The molecular formula is C13H16N4O3. The van der Waals surface area contributed by atoms with E-state index in [1.807, 2.05) is 13.8 Å². The number of hydrogen-bond donors (Lipinski definition) is 2. The molecule has 0 saturated heterocycles. The highest BCUT2D eigenvalue weighted by molar-refractivity contribution is 5.90. The molecule has 7 heteroatoms. The van der Waals surface area contributed by atoms with Crippen LogP contribution < -0.4 is 5.32 Å². The number of nitro groups is 1. The molecule has 2 aromatic rings. The first-order valence-corrected chi connectivity index (χ1v) is 6.29. The third-order valence-electron chi connectivity index (χ3n) is 3.34. The Labute approximate surface area is 115 Å². The zero-order chi connectivity index (χ0) is 14.7. The van der Waals surface area contributed by atoms with E-state index in [1.165, 1.54) is 18.5 Å². The minimum atomic E-state index is -0.448. The number of hydrogen-bond acceptors (Lipinski definition) is 6. The predicted octanol–water partition coefficient (Wildman–Crippen LogP) is 1.97. The molecule has 7 nitrogen and oxygen atoms in total. The molecule has 0 amide bonds. The highest BCUT2D eigenvalue weighted by atomic mass is 16.6. The molecule has 2 unspecified atom stereocenters. The van der Waals surface area contributed by atoms with Gasteiger partial charge in [-0.3, -0.25) is 10.1 Å². The number of aliphatic hydroxyl groups is 1. The van der Waals surface area contributed by atoms with Gasteiger partial charge in [-0.1, -0.05) is 6.92 Å². The Morgan fingerprint density at radius 3 is 2.80 bits per heavy atom. The normalized spacial score (nSPS) is 13.9. The monoisotopic (exact) mass is 276 g/mol. The highest BCUT2D eigenvalue weighted by Gasteiger charge is 2.15. The van der Waals surface area contributed by atoms with Gasteiger partial charge in [0.05, 0.1) is 10.4 Å². The van der Waals surface area contributed by atoms with Crippen molar-refractivity contribution in [3.8, 4) is 0 Å². The van der Waals surface area contributed by atoms with E-state index < -0.39 is 4.92 Å². The van der Waals surface area contributed by atoms with Gasteiger partial charge in [0.25, 0.3) is 5.69 Å². The van der Waals surface area contributed by atoms with Gasteiger partial charge in [0, 0.05) is 30.2 Å². The maximum Gasteiger partial charge on any atom is 0.270 e. The van der Waals surface area contributed by atoms with Crippen LogP contribution in [0.15, 0.2) is 24.5 Å². The molecule has 106 valence electrons. The lowest BCUT2D eigenvalue weighted by atomic mass is 10.1. The second-order valence-electron chi connectivity index (χ2n) is 4.77. The summed E-state index contributed by atoms with van der Waals surface area (Å²) in [5.74, 6) is 0.574. The van der Waals surface area contributed by atoms with Gasteiger partial charge in [0.15, 0.2) is 0 Å². The summed E-state index contributed by atoms with van der Waals surface area (Å²) in [6, 6.07) is 4.45. The fourth-order valence-corrected chi connectivity index (χ4v) is 1.79. The van der Waals surface area contributed by atoms with Gasteiger partial charge >= 0.3 is 0 Å². The minimum Gasteiger partial charge on any atom is -0.396 e. The van der Waals surface area contributed by atoms with Crippen LogP contribution in [-0.2, 0) is 0 Å². The van der Waals surface area contributed by atoms with E-state index in [-0.39, 0.29) is 24.3 Å². The first kappa shape index (κ1) is 14.1. The summed E-state index contributed by atoms with van der Waals surface area (Å²) in [6.45, 7) is 3.88. The molecule has 2 atom stereocenters. The molecule has 1 aromatic carbocycles. The number of non-ortho nitro benzene ring substituents is 1. The maximum absolute atomic E-state index is 10.8. The van der Waals surface area contributed by atoms with Crippen molar-refractivity contribution in [3.05, 3.63) is 34.6 Å². The fourth-order valence-electron chi connectivity index (χ4n) is 1.79. The zero-order valence-electron chi connectivity index (χ0n) is 11.3. The Kier molecular flexibility index (Phi) is 4.09. The second-order valence-corrected chi connectivity index (χ2v) is 4.77. The number of benzene rings is 1. The largest absolute Gasteiger partial charge is 0.396 e. The Hall–Kier alpha value is -2.28. The first-order chi connectivity index (χ1) is 9.52. The molecule has 0 bridgehead atoms. The number of nitrogens with one attached hydrogen (secondary N) is 1. The number of nitrogens with zero attached hydrogens (tertiary/aromatic N) is 3. The third kappa shape index (κ3) is 2.83. The minimum absolute atomic E-state index is 0.00166. The molecule has 0 spiro atoms. The van der Waals surface area contributed by atoms with Gasteiger partial charge in [-0.2, -0.15) is 0 Å². The SMILES string of the molecule is CC(CO)C(C)Nc1ncnc2ccc([N+](=O)[O-])cc12. The molecule has 0 aliphatic rings. The van der Waals surface area contributed by atoms with Crippen molar-refractivity contribution in [2.24, 2.45) is 5.92 Å².